The molecule has 1 aliphatic heterocycles. The number of carbonyl (C=O) groups is 2. The Hall–Kier alpha value is -3.41. The van der Waals surface area contributed by atoms with Crippen LogP contribution in [-0.4, -0.2) is 59.0 Å². The summed E-state index contributed by atoms with van der Waals surface area (Å²) in [7, 11) is 2.66. The van der Waals surface area contributed by atoms with Crippen LogP contribution in [0.25, 0.3) is 16.6 Å². The van der Waals surface area contributed by atoms with Crippen LogP contribution in [0.3, 0.4) is 0 Å². The molecule has 13 heteroatoms. The van der Waals surface area contributed by atoms with Gasteiger partial charge in [-0.05, 0) is 12.5 Å². The Morgan fingerprint density at radius 2 is 2.17 bits per heavy atom. The van der Waals surface area contributed by atoms with E-state index in [1.54, 1.807) is 0 Å². The van der Waals surface area contributed by atoms with Crippen LogP contribution in [0.4, 0.5) is 0 Å². The van der Waals surface area contributed by atoms with Gasteiger partial charge in [-0.2, -0.15) is 0 Å². The van der Waals surface area contributed by atoms with E-state index in [1.165, 1.54) is 38.8 Å². The molecule has 3 atom stereocenters. The highest BCUT2D eigenvalue weighted by Gasteiger charge is 2.37. The summed E-state index contributed by atoms with van der Waals surface area (Å²) >= 11 is 0. The Bertz CT molecular complexity index is 1010. The molecule has 1 saturated heterocycles. The molecular formula is C17H22N6O7. The summed E-state index contributed by atoms with van der Waals surface area (Å²) in [6, 6.07) is -0.681. The summed E-state index contributed by atoms with van der Waals surface area (Å²) in [5.41, 5.74) is 7.63. The number of aromatic nitrogens is 2. The smallest absolute Gasteiger partial charge is 0.337 e. The zero-order valence-electron chi connectivity index (χ0n) is 16.9. The van der Waals surface area contributed by atoms with Crippen molar-refractivity contribution in [1.82, 2.24) is 14.2 Å². The first kappa shape index (κ1) is 22.9. The zero-order valence-corrected chi connectivity index (χ0v) is 16.9. The number of hydroxylamine groups is 2. The second-order valence-electron chi connectivity index (χ2n) is 6.45. The van der Waals surface area contributed by atoms with Gasteiger partial charge in [-0.3, -0.25) is 23.8 Å². The molecule has 1 amide bonds. The third-order valence-electron chi connectivity index (χ3n) is 4.43. The standard InChI is InChI=1S/C17H22N6O7/c1-10-8-23(15-7-12(19-20-18)13(30-15)9-29-11(2)24)17(27)22(16(10)26)6-5-14(25)21(3)28-4/h5-6,8,12-13,15H,7,9H2,1-4H3/b6-5+/t12-,13+,15+/m0/s1. The van der Waals surface area contributed by atoms with Gasteiger partial charge in [-0.1, -0.05) is 5.11 Å². The molecule has 0 spiro atoms. The van der Waals surface area contributed by atoms with Crippen molar-refractivity contribution in [1.29, 1.82) is 0 Å². The minimum Gasteiger partial charge on any atom is -0.463 e. The fourth-order valence-corrected chi connectivity index (χ4v) is 2.81. The summed E-state index contributed by atoms with van der Waals surface area (Å²) in [6.07, 6.45) is 1.88. The monoisotopic (exact) mass is 422 g/mol. The van der Waals surface area contributed by atoms with E-state index in [0.29, 0.717) is 0 Å². The minimum atomic E-state index is -0.871. The van der Waals surface area contributed by atoms with Crippen LogP contribution in [0, 0.1) is 6.92 Å². The molecule has 0 N–H and O–H groups in total. The lowest BCUT2D eigenvalue weighted by molar-refractivity contribution is -0.162. The number of hydrogen-bond donors (Lipinski definition) is 0. The van der Waals surface area contributed by atoms with Gasteiger partial charge in [0.25, 0.3) is 11.5 Å². The predicted molar refractivity (Wildman–Crippen MR) is 103 cm³/mol. The lowest BCUT2D eigenvalue weighted by Gasteiger charge is -2.17. The molecule has 1 aromatic heterocycles. The Balaban J connectivity index is 2.39. The van der Waals surface area contributed by atoms with Crippen LogP contribution in [-0.2, 0) is 23.9 Å². The molecule has 13 nitrogen and oxygen atoms in total. The molecule has 0 saturated carbocycles. The van der Waals surface area contributed by atoms with Crippen molar-refractivity contribution in [2.24, 2.45) is 5.11 Å². The van der Waals surface area contributed by atoms with Crippen LogP contribution in [0.1, 0.15) is 25.1 Å². The second kappa shape index (κ2) is 9.87. The number of ether oxygens (including phenoxy) is 2. The van der Waals surface area contributed by atoms with Gasteiger partial charge >= 0.3 is 11.7 Å². The van der Waals surface area contributed by atoms with Crippen molar-refractivity contribution in [2.45, 2.75) is 38.6 Å². The maximum absolute atomic E-state index is 12.9. The number of amides is 1. The third kappa shape index (κ3) is 5.14. The predicted octanol–water partition coefficient (Wildman–Crippen LogP) is 0.338. The molecular weight excluding hydrogens is 400 g/mol. The van der Waals surface area contributed by atoms with Gasteiger partial charge in [0, 0.05) is 49.3 Å². The topological polar surface area (TPSA) is 158 Å². The lowest BCUT2D eigenvalue weighted by Crippen LogP contribution is -2.40. The van der Waals surface area contributed by atoms with E-state index < -0.39 is 41.5 Å². The molecule has 2 rings (SSSR count). The zero-order chi connectivity index (χ0) is 22.4. The number of esters is 1. The van der Waals surface area contributed by atoms with Crippen molar-refractivity contribution >= 4 is 18.1 Å². The number of hydrogen-bond acceptors (Lipinski definition) is 8. The van der Waals surface area contributed by atoms with Crippen molar-refractivity contribution in [3.05, 3.63) is 49.1 Å². The van der Waals surface area contributed by atoms with E-state index in [-0.39, 0.29) is 18.6 Å². The summed E-state index contributed by atoms with van der Waals surface area (Å²) < 4.78 is 12.6. The van der Waals surface area contributed by atoms with Crippen LogP contribution >= 0.6 is 0 Å². The Morgan fingerprint density at radius 3 is 2.77 bits per heavy atom. The highest BCUT2D eigenvalue weighted by molar-refractivity contribution is 5.89. The Labute approximate surface area is 170 Å². The first-order chi connectivity index (χ1) is 14.2. The molecule has 0 bridgehead atoms. The minimum absolute atomic E-state index is 0.128. The highest BCUT2D eigenvalue weighted by Crippen LogP contribution is 2.30. The maximum Gasteiger partial charge on any atom is 0.337 e. The number of rotatable bonds is 7. The Morgan fingerprint density at radius 1 is 1.47 bits per heavy atom. The van der Waals surface area contributed by atoms with Crippen molar-refractivity contribution in [3.63, 3.8) is 0 Å². The molecule has 1 aromatic rings. The molecule has 1 fully saturated rings. The number of nitrogens with zero attached hydrogens (tertiary/aromatic N) is 6. The average molecular weight is 422 g/mol. The first-order valence-electron chi connectivity index (χ1n) is 8.86. The molecule has 0 aliphatic carbocycles. The van der Waals surface area contributed by atoms with Crippen molar-refractivity contribution in [3.8, 4) is 0 Å². The SMILES string of the molecule is CON(C)C(=O)/C=C/n1c(=O)c(C)cn([C@H]2C[C@H](N=[N+]=[N-])[C@@H](COC(C)=O)O2)c1=O. The third-order valence-corrected chi connectivity index (χ3v) is 4.43. The van der Waals surface area contributed by atoms with Crippen LogP contribution in [0.15, 0.2) is 27.0 Å². The molecule has 0 aromatic carbocycles. The molecule has 162 valence electrons. The van der Waals surface area contributed by atoms with Crippen LogP contribution < -0.4 is 11.2 Å². The second-order valence-corrected chi connectivity index (χ2v) is 6.45. The summed E-state index contributed by atoms with van der Waals surface area (Å²) in [5, 5.41) is 4.56. The molecule has 0 radical (unpaired) electrons. The number of likely N-dealkylation sites (N-methyl/N-ethyl adjacent to an activating group) is 1. The summed E-state index contributed by atoms with van der Waals surface area (Å²) in [6.45, 7) is 2.58. The molecule has 2 heterocycles. The van der Waals surface area contributed by atoms with Crippen LogP contribution in [0.5, 0.6) is 0 Å². The van der Waals surface area contributed by atoms with Crippen molar-refractivity contribution < 1.29 is 23.9 Å². The quantitative estimate of drug-likeness (QED) is 0.153. The van der Waals surface area contributed by atoms with Gasteiger partial charge < -0.3 is 9.47 Å². The lowest BCUT2D eigenvalue weighted by atomic mass is 10.1. The number of aryl methyl sites for hydroxylation is 1. The van der Waals surface area contributed by atoms with Gasteiger partial charge in [0.15, 0.2) is 0 Å². The highest BCUT2D eigenvalue weighted by atomic mass is 16.7. The van der Waals surface area contributed by atoms with E-state index in [4.69, 9.17) is 19.8 Å². The number of carbonyl (C=O) groups excluding carboxylic acids is 2. The van der Waals surface area contributed by atoms with Gasteiger partial charge in [-0.15, -0.1) is 0 Å². The van der Waals surface area contributed by atoms with E-state index in [1.807, 2.05) is 0 Å². The van der Waals surface area contributed by atoms with E-state index >= 15 is 0 Å². The largest absolute Gasteiger partial charge is 0.463 e. The van der Waals surface area contributed by atoms with E-state index in [2.05, 4.69) is 10.0 Å². The molecule has 0 unspecified atom stereocenters. The summed E-state index contributed by atoms with van der Waals surface area (Å²) in [5.74, 6) is -1.11. The molecule has 30 heavy (non-hydrogen) atoms. The Kier molecular flexibility index (Phi) is 7.53. The van der Waals surface area contributed by atoms with Gasteiger partial charge in [-0.25, -0.2) is 14.4 Å². The molecule has 1 aliphatic rings. The van der Waals surface area contributed by atoms with E-state index in [0.717, 1.165) is 21.9 Å². The summed E-state index contributed by atoms with van der Waals surface area (Å²) in [4.78, 5) is 55.7. The maximum atomic E-state index is 12.9. The normalized spacial score (nSPS) is 20.7. The van der Waals surface area contributed by atoms with Gasteiger partial charge in [0.05, 0.1) is 13.2 Å². The average Bonchev–Trinajstić information content (AvgIpc) is 3.11. The van der Waals surface area contributed by atoms with Gasteiger partial charge in [0.2, 0.25) is 0 Å². The van der Waals surface area contributed by atoms with E-state index in [9.17, 15) is 19.2 Å². The van der Waals surface area contributed by atoms with Gasteiger partial charge in [0.1, 0.15) is 18.9 Å². The van der Waals surface area contributed by atoms with Crippen LogP contribution in [0.2, 0.25) is 0 Å². The fraction of sp³-hybridized carbons (Fsp3) is 0.529. The first-order valence-corrected chi connectivity index (χ1v) is 8.86. The number of azide groups is 1. The van der Waals surface area contributed by atoms with Crippen molar-refractivity contribution in [2.75, 3.05) is 20.8 Å². The fourth-order valence-electron chi connectivity index (χ4n) is 2.81.